The van der Waals surface area contributed by atoms with Crippen molar-refractivity contribution in [3.8, 4) is 0 Å². The van der Waals surface area contributed by atoms with Crippen molar-refractivity contribution in [1.82, 2.24) is 0 Å². The maximum absolute atomic E-state index is 8.97. The molecule has 1 fully saturated rings. The van der Waals surface area contributed by atoms with Crippen molar-refractivity contribution in [2.24, 2.45) is 0 Å². The van der Waals surface area contributed by atoms with Crippen molar-refractivity contribution in [3.63, 3.8) is 0 Å². The monoisotopic (exact) mass is 262 g/mol. The van der Waals surface area contributed by atoms with Crippen molar-refractivity contribution >= 4 is 17.1 Å². The van der Waals surface area contributed by atoms with Crippen LogP contribution in [-0.2, 0) is 0 Å². The van der Waals surface area contributed by atoms with Crippen LogP contribution in [0, 0.1) is 0 Å². The van der Waals surface area contributed by atoms with Gasteiger partial charge in [0.15, 0.2) is 0 Å². The maximum atomic E-state index is 8.97. The molecule has 0 bridgehead atoms. The number of rotatable bonds is 0. The van der Waals surface area contributed by atoms with E-state index in [9.17, 15) is 0 Å². The summed E-state index contributed by atoms with van der Waals surface area (Å²) in [6, 6.07) is 0. The van der Waals surface area contributed by atoms with E-state index in [4.69, 9.17) is 30.6 Å². The van der Waals surface area contributed by atoms with Gasteiger partial charge in [0.05, 0.1) is 0 Å². The SMILES string of the molecule is OC1C(O)C(O)C(O)C(O)C1O.[SeH2]. The Bertz CT molecular complexity index is 109. The summed E-state index contributed by atoms with van der Waals surface area (Å²) in [5.74, 6) is 0. The minimum absolute atomic E-state index is 0. The van der Waals surface area contributed by atoms with E-state index < -0.39 is 36.6 Å². The van der Waals surface area contributed by atoms with E-state index in [-0.39, 0.29) is 17.1 Å². The van der Waals surface area contributed by atoms with Gasteiger partial charge < -0.3 is 30.6 Å². The Balaban J connectivity index is 0.00000144. The first-order chi connectivity index (χ1) is 5.46. The molecule has 0 aliphatic heterocycles. The van der Waals surface area contributed by atoms with Crippen molar-refractivity contribution in [2.75, 3.05) is 0 Å². The molecule has 0 aromatic heterocycles. The first-order valence-corrected chi connectivity index (χ1v) is 3.55. The van der Waals surface area contributed by atoms with Crippen LogP contribution in [0.3, 0.4) is 0 Å². The van der Waals surface area contributed by atoms with Crippen molar-refractivity contribution in [2.45, 2.75) is 36.6 Å². The fourth-order valence-corrected chi connectivity index (χ4v) is 1.21. The quantitative estimate of drug-likeness (QED) is 0.244. The summed E-state index contributed by atoms with van der Waals surface area (Å²) in [6.45, 7) is 0. The van der Waals surface area contributed by atoms with Gasteiger partial charge >= 0.3 is 17.1 Å². The van der Waals surface area contributed by atoms with Crippen molar-refractivity contribution in [3.05, 3.63) is 0 Å². The molecule has 80 valence electrons. The van der Waals surface area contributed by atoms with Crippen LogP contribution in [0.5, 0.6) is 0 Å². The summed E-state index contributed by atoms with van der Waals surface area (Å²) in [6.07, 6.45) is -9.84. The van der Waals surface area contributed by atoms with E-state index in [1.54, 1.807) is 0 Å². The number of aliphatic hydroxyl groups is 6. The molecule has 6 nitrogen and oxygen atoms in total. The van der Waals surface area contributed by atoms with Crippen LogP contribution in [0.25, 0.3) is 0 Å². The van der Waals surface area contributed by atoms with E-state index in [2.05, 4.69) is 0 Å². The first-order valence-electron chi connectivity index (χ1n) is 3.55. The van der Waals surface area contributed by atoms with Crippen LogP contribution in [0.15, 0.2) is 0 Å². The molecule has 6 N–H and O–H groups in total. The molecule has 0 unspecified atom stereocenters. The molecule has 13 heavy (non-hydrogen) atoms. The molecule has 0 atom stereocenters. The van der Waals surface area contributed by atoms with Crippen LogP contribution in [0.1, 0.15) is 0 Å². The molecule has 0 aromatic rings. The Morgan fingerprint density at radius 2 is 0.462 bits per heavy atom. The van der Waals surface area contributed by atoms with E-state index in [1.165, 1.54) is 0 Å². The fraction of sp³-hybridized carbons (Fsp3) is 1.00. The number of hydrogen-bond donors (Lipinski definition) is 6. The Kier molecular flexibility index (Phi) is 4.78. The zero-order valence-corrected chi connectivity index (χ0v) is 8.75. The summed E-state index contributed by atoms with van der Waals surface area (Å²) in [5, 5.41) is 53.8. The van der Waals surface area contributed by atoms with Gasteiger partial charge in [-0.3, -0.25) is 0 Å². The van der Waals surface area contributed by atoms with Gasteiger partial charge in [0.25, 0.3) is 0 Å². The predicted molar refractivity (Wildman–Crippen MR) is 44.6 cm³/mol. The van der Waals surface area contributed by atoms with E-state index in [0.717, 1.165) is 0 Å². The molecule has 0 heterocycles. The van der Waals surface area contributed by atoms with E-state index in [1.807, 2.05) is 0 Å². The van der Waals surface area contributed by atoms with Crippen molar-refractivity contribution < 1.29 is 30.6 Å². The first kappa shape index (κ1) is 13.3. The summed E-state index contributed by atoms with van der Waals surface area (Å²) < 4.78 is 0. The third-order valence-electron chi connectivity index (χ3n) is 2.10. The average Bonchev–Trinajstić information content (AvgIpc) is 2.08. The van der Waals surface area contributed by atoms with Gasteiger partial charge in [0.2, 0.25) is 0 Å². The Labute approximate surface area is 84.9 Å². The molecule has 7 heteroatoms. The number of aliphatic hydroxyl groups excluding tert-OH is 6. The molecule has 0 saturated heterocycles. The Hall–Kier alpha value is 0.279. The second kappa shape index (κ2) is 4.68. The zero-order chi connectivity index (χ0) is 9.46. The standard InChI is InChI=1S/C6H12O6.H2Se/c7-1-2(8)4(10)6(12)5(11)3(1)9;/h1-12H;1H2. The normalized spacial score (nSPS) is 51.2. The van der Waals surface area contributed by atoms with Gasteiger partial charge in [-0.15, -0.1) is 0 Å². The molecule has 1 aliphatic rings. The average molecular weight is 261 g/mol. The molecule has 1 saturated carbocycles. The molecule has 1 aliphatic carbocycles. The molecule has 0 aromatic carbocycles. The van der Waals surface area contributed by atoms with Crippen LogP contribution >= 0.6 is 0 Å². The van der Waals surface area contributed by atoms with E-state index in [0.29, 0.717) is 0 Å². The number of hydrogen-bond acceptors (Lipinski definition) is 6. The summed E-state index contributed by atoms with van der Waals surface area (Å²) in [7, 11) is 0. The second-order valence-electron chi connectivity index (χ2n) is 2.94. The van der Waals surface area contributed by atoms with Gasteiger partial charge in [-0.05, 0) is 0 Å². The molecule has 1 rings (SSSR count). The summed E-state index contributed by atoms with van der Waals surface area (Å²) >= 11 is 0. The van der Waals surface area contributed by atoms with E-state index >= 15 is 0 Å². The van der Waals surface area contributed by atoms with Gasteiger partial charge in [-0.1, -0.05) is 0 Å². The second-order valence-corrected chi connectivity index (χ2v) is 2.94. The zero-order valence-electron chi connectivity index (χ0n) is 6.65. The van der Waals surface area contributed by atoms with Gasteiger partial charge in [-0.25, -0.2) is 0 Å². The van der Waals surface area contributed by atoms with Crippen LogP contribution in [0.4, 0.5) is 0 Å². The predicted octanol–water partition coefficient (Wildman–Crippen LogP) is -4.75. The topological polar surface area (TPSA) is 121 Å². The Morgan fingerprint density at radius 1 is 0.385 bits per heavy atom. The Morgan fingerprint density at radius 3 is 0.538 bits per heavy atom. The minimum atomic E-state index is -1.64. The van der Waals surface area contributed by atoms with Gasteiger partial charge in [0.1, 0.15) is 36.6 Å². The molecule has 0 spiro atoms. The van der Waals surface area contributed by atoms with Gasteiger partial charge in [-0.2, -0.15) is 0 Å². The molecular formula is C6H14O6Se. The van der Waals surface area contributed by atoms with Crippen LogP contribution in [-0.4, -0.2) is 84.3 Å². The van der Waals surface area contributed by atoms with Gasteiger partial charge in [0, 0.05) is 0 Å². The molecule has 0 amide bonds. The van der Waals surface area contributed by atoms with Crippen LogP contribution in [0.2, 0.25) is 0 Å². The van der Waals surface area contributed by atoms with Crippen molar-refractivity contribution in [1.29, 1.82) is 0 Å². The summed E-state index contributed by atoms with van der Waals surface area (Å²) in [5.41, 5.74) is 0. The van der Waals surface area contributed by atoms with Crippen LogP contribution < -0.4 is 0 Å². The molecular weight excluding hydrogens is 247 g/mol. The summed E-state index contributed by atoms with van der Waals surface area (Å²) in [4.78, 5) is 0. The molecule has 0 radical (unpaired) electrons. The third-order valence-corrected chi connectivity index (χ3v) is 2.10. The fourth-order valence-electron chi connectivity index (χ4n) is 1.21. The third kappa shape index (κ3) is 2.20.